The average Bonchev–Trinajstić information content (AvgIpc) is 3.16. The molecule has 1 heterocycles. The summed E-state index contributed by atoms with van der Waals surface area (Å²) >= 11 is 0. The topological polar surface area (TPSA) is 68.0 Å². The third kappa shape index (κ3) is 5.02. The van der Waals surface area contributed by atoms with Gasteiger partial charge in [-0.05, 0) is 42.7 Å². The Morgan fingerprint density at radius 3 is 2.50 bits per heavy atom. The van der Waals surface area contributed by atoms with Crippen molar-refractivity contribution in [3.05, 3.63) is 66.1 Å². The predicted octanol–water partition coefficient (Wildman–Crippen LogP) is 4.65. The maximum Gasteiger partial charge on any atom is 0.247 e. The molecule has 1 amide bonds. The number of amides is 1. The molecule has 134 valence electrons. The highest BCUT2D eigenvalue weighted by Crippen LogP contribution is 2.18. The monoisotopic (exact) mass is 349 g/mol. The number of hydrogen-bond donors (Lipinski definition) is 1. The number of anilines is 1. The van der Waals surface area contributed by atoms with Gasteiger partial charge < -0.3 is 9.73 Å². The van der Waals surface area contributed by atoms with Crippen LogP contribution >= 0.6 is 0 Å². The number of nitrogens with one attached hydrogen (secondary N) is 1. The SMILES string of the molecule is CCCCc1ccc(NC(=O)CCc2nnc(-c3ccccc3)o2)cc1. The summed E-state index contributed by atoms with van der Waals surface area (Å²) < 4.78 is 5.62. The molecule has 26 heavy (non-hydrogen) atoms. The third-order valence-corrected chi connectivity index (χ3v) is 4.11. The number of hydrogen-bond acceptors (Lipinski definition) is 4. The molecule has 0 aliphatic heterocycles. The largest absolute Gasteiger partial charge is 0.421 e. The number of aromatic nitrogens is 2. The van der Waals surface area contributed by atoms with Crippen LogP contribution in [0.3, 0.4) is 0 Å². The van der Waals surface area contributed by atoms with E-state index in [-0.39, 0.29) is 5.91 Å². The highest BCUT2D eigenvalue weighted by Gasteiger charge is 2.10. The summed E-state index contributed by atoms with van der Waals surface area (Å²) in [6, 6.07) is 17.6. The zero-order valence-corrected chi connectivity index (χ0v) is 14.9. The zero-order valence-electron chi connectivity index (χ0n) is 14.9. The van der Waals surface area contributed by atoms with Gasteiger partial charge in [-0.3, -0.25) is 4.79 Å². The fourth-order valence-corrected chi connectivity index (χ4v) is 2.63. The number of carbonyl (C=O) groups excluding carboxylic acids is 1. The third-order valence-electron chi connectivity index (χ3n) is 4.11. The normalized spacial score (nSPS) is 10.7. The van der Waals surface area contributed by atoms with Crippen molar-refractivity contribution in [2.24, 2.45) is 0 Å². The minimum absolute atomic E-state index is 0.0641. The smallest absolute Gasteiger partial charge is 0.247 e. The van der Waals surface area contributed by atoms with Gasteiger partial charge in [0.1, 0.15) is 0 Å². The maximum atomic E-state index is 12.1. The van der Waals surface area contributed by atoms with Crippen LogP contribution in [0.2, 0.25) is 0 Å². The van der Waals surface area contributed by atoms with Gasteiger partial charge in [0.25, 0.3) is 0 Å². The molecule has 2 aromatic carbocycles. The van der Waals surface area contributed by atoms with E-state index in [1.165, 1.54) is 18.4 Å². The van der Waals surface area contributed by atoms with E-state index in [0.717, 1.165) is 17.7 Å². The fourth-order valence-electron chi connectivity index (χ4n) is 2.63. The molecule has 5 nitrogen and oxygen atoms in total. The van der Waals surface area contributed by atoms with Crippen LogP contribution in [0.4, 0.5) is 5.69 Å². The first-order valence-electron chi connectivity index (χ1n) is 9.01. The molecule has 1 N–H and O–H groups in total. The van der Waals surface area contributed by atoms with Crippen molar-refractivity contribution >= 4 is 11.6 Å². The van der Waals surface area contributed by atoms with Crippen LogP contribution in [0, 0.1) is 0 Å². The van der Waals surface area contributed by atoms with Crippen LogP contribution in [0.25, 0.3) is 11.5 Å². The number of carbonyl (C=O) groups is 1. The number of unbranched alkanes of at least 4 members (excludes halogenated alkanes) is 1. The van der Waals surface area contributed by atoms with Crippen molar-refractivity contribution in [1.29, 1.82) is 0 Å². The number of rotatable bonds is 8. The lowest BCUT2D eigenvalue weighted by Gasteiger charge is -2.06. The van der Waals surface area contributed by atoms with Crippen molar-refractivity contribution < 1.29 is 9.21 Å². The van der Waals surface area contributed by atoms with Crippen LogP contribution in [0.15, 0.2) is 59.0 Å². The Balaban J connectivity index is 1.49. The van der Waals surface area contributed by atoms with Crippen LogP contribution in [-0.4, -0.2) is 16.1 Å². The molecule has 1 aromatic heterocycles. The van der Waals surface area contributed by atoms with Gasteiger partial charge in [-0.2, -0.15) is 0 Å². The molecule has 0 atom stereocenters. The van der Waals surface area contributed by atoms with Crippen LogP contribution in [0.5, 0.6) is 0 Å². The van der Waals surface area contributed by atoms with Crippen LogP contribution in [-0.2, 0) is 17.6 Å². The van der Waals surface area contributed by atoms with E-state index in [4.69, 9.17) is 4.42 Å². The highest BCUT2D eigenvalue weighted by molar-refractivity contribution is 5.90. The quantitative estimate of drug-likeness (QED) is 0.643. The minimum atomic E-state index is -0.0641. The standard InChI is InChI=1S/C21H23N3O2/c1-2-3-7-16-10-12-18(13-11-16)22-19(25)14-15-20-23-24-21(26-20)17-8-5-4-6-9-17/h4-6,8-13H,2-3,7,14-15H2,1H3,(H,22,25). The second-order valence-electron chi connectivity index (χ2n) is 6.22. The van der Waals surface area contributed by atoms with Gasteiger partial charge in [-0.25, -0.2) is 0 Å². The maximum absolute atomic E-state index is 12.1. The molecule has 0 bridgehead atoms. The average molecular weight is 349 g/mol. The molecule has 0 saturated carbocycles. The Bertz CT molecular complexity index is 826. The Morgan fingerprint density at radius 1 is 1.00 bits per heavy atom. The summed E-state index contributed by atoms with van der Waals surface area (Å²) in [5.41, 5.74) is 2.98. The second-order valence-corrected chi connectivity index (χ2v) is 6.22. The summed E-state index contributed by atoms with van der Waals surface area (Å²) in [5, 5.41) is 11.0. The highest BCUT2D eigenvalue weighted by atomic mass is 16.4. The Labute approximate surface area is 153 Å². The molecule has 5 heteroatoms. The Hall–Kier alpha value is -2.95. The molecule has 0 fully saturated rings. The van der Waals surface area contributed by atoms with Crippen molar-refractivity contribution in [3.63, 3.8) is 0 Å². The Morgan fingerprint density at radius 2 is 1.77 bits per heavy atom. The first kappa shape index (κ1) is 17.9. The van der Waals surface area contributed by atoms with Gasteiger partial charge in [0.05, 0.1) is 0 Å². The van der Waals surface area contributed by atoms with Crippen LogP contribution < -0.4 is 5.32 Å². The van der Waals surface area contributed by atoms with Crippen molar-refractivity contribution in [3.8, 4) is 11.5 Å². The van der Waals surface area contributed by atoms with Crippen molar-refractivity contribution in [2.75, 3.05) is 5.32 Å². The van der Waals surface area contributed by atoms with E-state index in [9.17, 15) is 4.79 Å². The number of nitrogens with zero attached hydrogens (tertiary/aromatic N) is 2. The second kappa shape index (κ2) is 8.94. The molecule has 0 aliphatic rings. The number of aryl methyl sites for hydroxylation is 2. The fraction of sp³-hybridized carbons (Fsp3) is 0.286. The summed E-state index contributed by atoms with van der Waals surface area (Å²) in [6.45, 7) is 2.18. The lowest BCUT2D eigenvalue weighted by Crippen LogP contribution is -2.12. The molecule has 0 aliphatic carbocycles. The van der Waals surface area contributed by atoms with Gasteiger partial charge in [0.2, 0.25) is 17.7 Å². The van der Waals surface area contributed by atoms with Gasteiger partial charge in [-0.15, -0.1) is 10.2 Å². The van der Waals surface area contributed by atoms with Gasteiger partial charge in [-0.1, -0.05) is 43.7 Å². The first-order valence-corrected chi connectivity index (χ1v) is 9.01. The molecule has 3 aromatic rings. The molecule has 0 saturated heterocycles. The van der Waals surface area contributed by atoms with E-state index in [1.807, 2.05) is 42.5 Å². The van der Waals surface area contributed by atoms with E-state index < -0.39 is 0 Å². The van der Waals surface area contributed by atoms with E-state index in [1.54, 1.807) is 0 Å². The van der Waals surface area contributed by atoms with E-state index >= 15 is 0 Å². The first-order chi connectivity index (χ1) is 12.7. The van der Waals surface area contributed by atoms with Crippen molar-refractivity contribution in [1.82, 2.24) is 10.2 Å². The minimum Gasteiger partial charge on any atom is -0.421 e. The van der Waals surface area contributed by atoms with Crippen molar-refractivity contribution in [2.45, 2.75) is 39.0 Å². The molecule has 0 spiro atoms. The lowest BCUT2D eigenvalue weighted by molar-refractivity contribution is -0.116. The molecular formula is C21H23N3O2. The van der Waals surface area contributed by atoms with Gasteiger partial charge >= 0.3 is 0 Å². The summed E-state index contributed by atoms with van der Waals surface area (Å²) in [4.78, 5) is 12.1. The zero-order chi connectivity index (χ0) is 18.2. The molecule has 3 rings (SSSR count). The number of benzene rings is 2. The molecule has 0 unspecified atom stereocenters. The lowest BCUT2D eigenvalue weighted by atomic mass is 10.1. The summed E-state index contributed by atoms with van der Waals surface area (Å²) in [7, 11) is 0. The van der Waals surface area contributed by atoms with Crippen LogP contribution in [0.1, 0.15) is 37.6 Å². The molecule has 0 radical (unpaired) electrons. The van der Waals surface area contributed by atoms with Gasteiger partial charge in [0, 0.05) is 24.1 Å². The predicted molar refractivity (Wildman–Crippen MR) is 102 cm³/mol. The van der Waals surface area contributed by atoms with E-state index in [0.29, 0.717) is 24.6 Å². The van der Waals surface area contributed by atoms with Gasteiger partial charge in [0.15, 0.2) is 0 Å². The van der Waals surface area contributed by atoms with E-state index in [2.05, 4.69) is 34.6 Å². The summed E-state index contributed by atoms with van der Waals surface area (Å²) in [6.07, 6.45) is 4.15. The Kier molecular flexibility index (Phi) is 6.14. The molecular weight excluding hydrogens is 326 g/mol. The summed E-state index contributed by atoms with van der Waals surface area (Å²) in [5.74, 6) is 0.878.